The zero-order chi connectivity index (χ0) is 70.0. The average molecular weight is 1360 g/mol. The zero-order valence-electron chi connectivity index (χ0n) is 57.3. The van der Waals surface area contributed by atoms with Crippen molar-refractivity contribution in [3.05, 3.63) is 376 Å². The first-order valence-corrected chi connectivity index (χ1v) is 35.7. The molecule has 0 fully saturated rings. The van der Waals surface area contributed by atoms with Crippen molar-refractivity contribution in [2.45, 2.75) is 0 Å². The lowest BCUT2D eigenvalue weighted by atomic mass is 9.99. The molecule has 10 heteroatoms. The molecule has 6 aromatic heterocycles. The number of rotatable bonds is 11. The first kappa shape index (κ1) is 61.4. The molecule has 0 aliphatic rings. The van der Waals surface area contributed by atoms with Crippen LogP contribution in [0.25, 0.3) is 189 Å². The summed E-state index contributed by atoms with van der Waals surface area (Å²) >= 11 is 0. The summed E-state index contributed by atoms with van der Waals surface area (Å²) in [6.07, 6.45) is 0. The molecule has 0 aliphatic carbocycles. The molecule has 15 aromatic carbocycles. The SMILES string of the molecule is c1ccc(-c2ccccc2-c2nc(-c3cccc(-c4cccc(-n5c6ccccc6c6ccccc65)c4)c3)nc(-n3c4ccccc4c4ccccc43)n2)cc1.c1ccc(-c2nc(-c3cccc(-c4cccc(-n5c6ccccc6c6ccccc65)c4)c3)nc(-n3c4ccccc4c4ccccc43)n2)cc1. The Hall–Kier alpha value is -14.5. The maximum Gasteiger partial charge on any atom is 0.238 e. The lowest BCUT2D eigenvalue weighted by Crippen LogP contribution is -2.07. The van der Waals surface area contributed by atoms with E-state index < -0.39 is 0 Å². The van der Waals surface area contributed by atoms with Crippen LogP contribution in [0.1, 0.15) is 0 Å². The van der Waals surface area contributed by atoms with Crippen LogP contribution in [-0.4, -0.2) is 48.2 Å². The minimum Gasteiger partial charge on any atom is -0.309 e. The minimum atomic E-state index is 0.573. The van der Waals surface area contributed by atoms with E-state index in [9.17, 15) is 0 Å². The van der Waals surface area contributed by atoms with Crippen molar-refractivity contribution in [3.8, 4) is 102 Å². The van der Waals surface area contributed by atoms with Gasteiger partial charge in [-0.2, -0.15) is 19.9 Å². The third-order valence-corrected chi connectivity index (χ3v) is 20.4. The summed E-state index contributed by atoms with van der Waals surface area (Å²) in [4.78, 5) is 31.1. The summed E-state index contributed by atoms with van der Waals surface area (Å²) in [6, 6.07) is 132. The van der Waals surface area contributed by atoms with Crippen molar-refractivity contribution in [3.63, 3.8) is 0 Å². The molecule has 0 aliphatic heterocycles. The molecule has 6 heterocycles. The van der Waals surface area contributed by atoms with Crippen LogP contribution in [0, 0.1) is 0 Å². The number of nitrogens with zero attached hydrogens (tertiary/aromatic N) is 10. The molecular weight excluding hydrogens is 1290 g/mol. The van der Waals surface area contributed by atoms with Gasteiger partial charge in [0.05, 0.1) is 44.1 Å². The van der Waals surface area contributed by atoms with Crippen molar-refractivity contribution in [1.82, 2.24) is 48.2 Å². The Kier molecular flexibility index (Phi) is 15.0. The molecule has 0 saturated heterocycles. The lowest BCUT2D eigenvalue weighted by Gasteiger charge is -2.14. The molecule has 0 spiro atoms. The zero-order valence-corrected chi connectivity index (χ0v) is 57.3. The fourth-order valence-electron chi connectivity index (χ4n) is 15.6. The number of benzene rings is 15. The average Bonchev–Trinajstić information content (AvgIpc) is 1.80. The van der Waals surface area contributed by atoms with Crippen LogP contribution >= 0.6 is 0 Å². The molecular formula is C96H62N10. The van der Waals surface area contributed by atoms with Gasteiger partial charge in [-0.15, -0.1) is 0 Å². The van der Waals surface area contributed by atoms with Crippen LogP contribution in [0.2, 0.25) is 0 Å². The van der Waals surface area contributed by atoms with Crippen LogP contribution in [0.5, 0.6) is 0 Å². The second-order valence-electron chi connectivity index (χ2n) is 26.6. The monoisotopic (exact) mass is 1350 g/mol. The predicted molar refractivity (Wildman–Crippen MR) is 435 cm³/mol. The summed E-state index contributed by atoms with van der Waals surface area (Å²) < 4.78 is 9.04. The summed E-state index contributed by atoms with van der Waals surface area (Å²) in [5, 5.41) is 9.62. The molecule has 0 N–H and O–H groups in total. The van der Waals surface area contributed by atoms with E-state index in [1.807, 2.05) is 36.4 Å². The molecule has 0 saturated carbocycles. The third-order valence-electron chi connectivity index (χ3n) is 20.4. The molecule has 0 unspecified atom stereocenters. The number of hydrogen-bond donors (Lipinski definition) is 0. The van der Waals surface area contributed by atoms with Crippen LogP contribution in [0.4, 0.5) is 0 Å². The maximum absolute atomic E-state index is 5.27. The normalized spacial score (nSPS) is 11.6. The van der Waals surface area contributed by atoms with Gasteiger partial charge >= 0.3 is 0 Å². The highest BCUT2D eigenvalue weighted by molar-refractivity contribution is 6.12. The maximum atomic E-state index is 5.27. The van der Waals surface area contributed by atoms with Crippen molar-refractivity contribution in [2.24, 2.45) is 0 Å². The Labute approximate surface area is 610 Å². The highest BCUT2D eigenvalue weighted by Gasteiger charge is 2.23. The Balaban J connectivity index is 0.000000141. The first-order valence-electron chi connectivity index (χ1n) is 35.7. The summed E-state index contributed by atoms with van der Waals surface area (Å²) in [5.41, 5.74) is 21.5. The molecule has 21 rings (SSSR count). The fraction of sp³-hybridized carbons (Fsp3) is 0. The number of hydrogen-bond acceptors (Lipinski definition) is 6. The third kappa shape index (κ3) is 10.7. The highest BCUT2D eigenvalue weighted by atomic mass is 15.2. The van der Waals surface area contributed by atoms with E-state index in [0.29, 0.717) is 35.2 Å². The van der Waals surface area contributed by atoms with Crippen LogP contribution < -0.4 is 0 Å². The summed E-state index contributed by atoms with van der Waals surface area (Å²) in [7, 11) is 0. The Morgan fingerprint density at radius 1 is 0.151 bits per heavy atom. The van der Waals surface area contributed by atoms with E-state index in [1.165, 1.54) is 43.6 Å². The van der Waals surface area contributed by atoms with Gasteiger partial charge in [-0.1, -0.05) is 291 Å². The van der Waals surface area contributed by atoms with E-state index in [0.717, 1.165) is 111 Å². The largest absolute Gasteiger partial charge is 0.309 e. The number of fused-ring (bicyclic) bond motifs is 12. The van der Waals surface area contributed by atoms with Gasteiger partial charge < -0.3 is 9.13 Å². The van der Waals surface area contributed by atoms with Gasteiger partial charge in [-0.25, -0.2) is 9.97 Å². The number of para-hydroxylation sites is 8. The van der Waals surface area contributed by atoms with Crippen molar-refractivity contribution < 1.29 is 0 Å². The second kappa shape index (κ2) is 25.8. The van der Waals surface area contributed by atoms with Crippen molar-refractivity contribution in [2.75, 3.05) is 0 Å². The Morgan fingerprint density at radius 2 is 0.396 bits per heavy atom. The van der Waals surface area contributed by atoms with Gasteiger partial charge in [-0.3, -0.25) is 9.13 Å². The van der Waals surface area contributed by atoms with Gasteiger partial charge in [0.25, 0.3) is 0 Å². The predicted octanol–water partition coefficient (Wildman–Crippen LogP) is 23.8. The highest BCUT2D eigenvalue weighted by Crippen LogP contribution is 2.40. The van der Waals surface area contributed by atoms with E-state index in [4.69, 9.17) is 29.9 Å². The van der Waals surface area contributed by atoms with Gasteiger partial charge in [0.15, 0.2) is 23.3 Å². The van der Waals surface area contributed by atoms with E-state index in [2.05, 4.69) is 358 Å². The van der Waals surface area contributed by atoms with Gasteiger partial charge in [0.1, 0.15) is 0 Å². The van der Waals surface area contributed by atoms with E-state index in [1.54, 1.807) is 0 Å². The summed E-state index contributed by atoms with van der Waals surface area (Å²) in [6.45, 7) is 0. The van der Waals surface area contributed by atoms with Crippen molar-refractivity contribution >= 4 is 87.2 Å². The molecule has 10 nitrogen and oxygen atoms in total. The van der Waals surface area contributed by atoms with Crippen LogP contribution in [-0.2, 0) is 0 Å². The Morgan fingerprint density at radius 3 is 0.764 bits per heavy atom. The molecule has 0 amide bonds. The van der Waals surface area contributed by atoms with E-state index in [-0.39, 0.29) is 0 Å². The minimum absolute atomic E-state index is 0.573. The number of aromatic nitrogens is 10. The van der Waals surface area contributed by atoms with Crippen LogP contribution in [0.15, 0.2) is 376 Å². The lowest BCUT2D eigenvalue weighted by molar-refractivity contribution is 0.953. The fourth-order valence-corrected chi connectivity index (χ4v) is 15.6. The smallest absolute Gasteiger partial charge is 0.238 e. The van der Waals surface area contributed by atoms with Gasteiger partial charge in [-0.05, 0) is 118 Å². The van der Waals surface area contributed by atoms with Gasteiger partial charge in [0, 0.05) is 76.7 Å². The standard InChI is InChI=1S/C51H33N5.C45H29N5/c1-2-16-34(17-3-1)39-22-4-5-27-44(39)50-52-49(53-51(54-50)56-47-30-12-8-25-42(47)43-26-9-13-31-48(43)56)37-20-14-18-35(32-37)36-19-15-21-38(33-36)55-45-28-10-6-23-40(45)41-24-7-11-29-46(41)55;1-2-14-30(15-3-1)43-46-44(48-45(47-43)50-41-26-10-6-22-37(41)38-23-7-11-27-42(38)50)33-18-12-16-31(28-33)32-17-13-19-34(29-32)49-39-24-8-4-20-35(39)36-21-5-9-25-40(36)49/h1-33H;1-29H. The molecule has 106 heavy (non-hydrogen) atoms. The quantitative estimate of drug-likeness (QED) is 0.128. The molecule has 0 bridgehead atoms. The Bertz CT molecular complexity index is 6770. The molecule has 21 aromatic rings. The first-order chi connectivity index (χ1) is 52.6. The topological polar surface area (TPSA) is 97.1 Å². The summed E-state index contributed by atoms with van der Waals surface area (Å²) in [5.74, 6) is 3.64. The molecule has 496 valence electrons. The van der Waals surface area contributed by atoms with Crippen LogP contribution in [0.3, 0.4) is 0 Å². The molecule has 0 radical (unpaired) electrons. The van der Waals surface area contributed by atoms with Gasteiger partial charge in [0.2, 0.25) is 11.9 Å². The molecule has 0 atom stereocenters. The second-order valence-corrected chi connectivity index (χ2v) is 26.6. The van der Waals surface area contributed by atoms with E-state index >= 15 is 0 Å². The van der Waals surface area contributed by atoms with Crippen molar-refractivity contribution in [1.29, 1.82) is 0 Å².